The first-order valence-electron chi connectivity index (χ1n) is 22.9. The molecule has 0 amide bonds. The summed E-state index contributed by atoms with van der Waals surface area (Å²) in [4.78, 5) is 30.5. The molecule has 0 aliphatic carbocycles. The Kier molecular flexibility index (Phi) is 21.7. The third-order valence-corrected chi connectivity index (χ3v) is 14.2. The monoisotopic (exact) mass is 836 g/mol. The molecule has 0 saturated carbocycles. The van der Waals surface area contributed by atoms with Gasteiger partial charge in [-0.15, -0.1) is 0 Å². The van der Waals surface area contributed by atoms with Crippen molar-refractivity contribution in [2.24, 2.45) is 53.3 Å². The minimum Gasteiger partial charge on any atom is -0.462 e. The molecule has 0 radical (unpaired) electrons. The van der Waals surface area contributed by atoms with E-state index in [4.69, 9.17) is 37.9 Å². The average Bonchev–Trinajstić information content (AvgIpc) is 3.19. The number of methoxy groups -OCH3 is 2. The van der Waals surface area contributed by atoms with Crippen LogP contribution in [0.1, 0.15) is 122 Å². The summed E-state index contributed by atoms with van der Waals surface area (Å²) in [6.45, 7) is 26.3. The molecule has 11 nitrogen and oxygen atoms in total. The van der Waals surface area contributed by atoms with Crippen molar-refractivity contribution < 1.29 is 47.5 Å². The molecule has 0 N–H and O–H groups in total. The standard InChI is InChI=1S/C48H85NO10/c1-17-19-22-54-42-26-43(51)58-41(18-2)39(27-55-47-32(7)30(5)31(6)36(11)56-47)23-28(3)20-21-40(50)29(4)24-38(25-44(52-15)53-16)46(34(42)9)59-48-35(10)45(49(13)14)33(8)37(12)57-48/h20-21,23,29-39,41-42,44-48H,17-19,22,24-27H2,1-16H3/b21-20+,28-23+/t29-,30-,31+,32-,33-,34+,35-,36-,37-,38-,39-,41-,42-,45+,46-,47-,48+/m1/s1. The summed E-state index contributed by atoms with van der Waals surface area (Å²) in [5, 5.41) is 0. The number of allylic oxidation sites excluding steroid dienone is 3. The Morgan fingerprint density at radius 2 is 1.44 bits per heavy atom. The predicted octanol–water partition coefficient (Wildman–Crippen LogP) is 8.87. The van der Waals surface area contributed by atoms with Gasteiger partial charge < -0.3 is 42.8 Å². The molecule has 59 heavy (non-hydrogen) atoms. The zero-order chi connectivity index (χ0) is 44.1. The number of cyclic esters (lactones) is 1. The van der Waals surface area contributed by atoms with Crippen LogP contribution in [-0.4, -0.2) is 114 Å². The van der Waals surface area contributed by atoms with Crippen LogP contribution < -0.4 is 0 Å². The van der Waals surface area contributed by atoms with Gasteiger partial charge in [0.05, 0.1) is 37.4 Å². The predicted molar refractivity (Wildman–Crippen MR) is 232 cm³/mol. The van der Waals surface area contributed by atoms with Crippen molar-refractivity contribution in [1.29, 1.82) is 0 Å². The summed E-state index contributed by atoms with van der Waals surface area (Å²) in [6, 6.07) is 0.217. The number of esters is 1. The first kappa shape index (κ1) is 51.6. The van der Waals surface area contributed by atoms with Crippen LogP contribution in [0.2, 0.25) is 0 Å². The van der Waals surface area contributed by atoms with Crippen LogP contribution in [0, 0.1) is 53.3 Å². The van der Waals surface area contributed by atoms with Gasteiger partial charge in [-0.3, -0.25) is 9.59 Å². The third kappa shape index (κ3) is 14.4. The molecule has 3 aliphatic rings. The number of ether oxygens (including phenoxy) is 8. The highest BCUT2D eigenvalue weighted by atomic mass is 16.7. The Morgan fingerprint density at radius 1 is 0.797 bits per heavy atom. The van der Waals surface area contributed by atoms with Gasteiger partial charge in [-0.2, -0.15) is 0 Å². The van der Waals surface area contributed by atoms with Gasteiger partial charge in [0.1, 0.15) is 6.10 Å². The molecule has 2 fully saturated rings. The van der Waals surface area contributed by atoms with Gasteiger partial charge in [-0.25, -0.2) is 0 Å². The molecule has 17 atom stereocenters. The van der Waals surface area contributed by atoms with E-state index in [2.05, 4.69) is 87.4 Å². The highest BCUT2D eigenvalue weighted by molar-refractivity contribution is 5.91. The second-order valence-electron chi connectivity index (χ2n) is 18.7. The normalized spacial score (nSPS) is 41.1. The molecule has 0 unspecified atom stereocenters. The number of hydrogen-bond donors (Lipinski definition) is 0. The quantitative estimate of drug-likeness (QED) is 0.0897. The van der Waals surface area contributed by atoms with Gasteiger partial charge in [-0.1, -0.05) is 86.5 Å². The first-order valence-corrected chi connectivity index (χ1v) is 22.9. The molecule has 2 saturated heterocycles. The van der Waals surface area contributed by atoms with Crippen LogP contribution in [0.3, 0.4) is 0 Å². The van der Waals surface area contributed by atoms with Crippen LogP contribution in [0.15, 0.2) is 23.8 Å². The first-order chi connectivity index (χ1) is 27.9. The molecular weight excluding hydrogens is 751 g/mol. The van der Waals surface area contributed by atoms with Crippen molar-refractivity contribution in [3.05, 3.63) is 23.8 Å². The van der Waals surface area contributed by atoms with Crippen LogP contribution in [0.25, 0.3) is 0 Å². The molecular formula is C48H85NO10. The van der Waals surface area contributed by atoms with E-state index in [1.54, 1.807) is 20.3 Å². The van der Waals surface area contributed by atoms with Crippen molar-refractivity contribution >= 4 is 11.8 Å². The lowest BCUT2D eigenvalue weighted by atomic mass is 9.78. The smallest absolute Gasteiger partial charge is 0.308 e. The van der Waals surface area contributed by atoms with E-state index in [0.717, 1.165) is 18.4 Å². The zero-order valence-corrected chi connectivity index (χ0v) is 39.8. The number of rotatable bonds is 15. The summed E-state index contributed by atoms with van der Waals surface area (Å²) >= 11 is 0. The molecule has 0 aromatic carbocycles. The maximum absolute atomic E-state index is 14.3. The molecule has 0 bridgehead atoms. The lowest BCUT2D eigenvalue weighted by molar-refractivity contribution is -0.281. The third-order valence-electron chi connectivity index (χ3n) is 14.2. The Labute approximate surface area is 358 Å². The van der Waals surface area contributed by atoms with Gasteiger partial charge >= 0.3 is 5.97 Å². The molecule has 0 aromatic heterocycles. The fraction of sp³-hybridized carbons (Fsp3) is 0.875. The number of ketones is 1. The lowest BCUT2D eigenvalue weighted by Crippen LogP contribution is -2.56. The van der Waals surface area contributed by atoms with Crippen LogP contribution in [0.5, 0.6) is 0 Å². The Balaban J connectivity index is 2.11. The van der Waals surface area contributed by atoms with Gasteiger partial charge in [0.15, 0.2) is 24.7 Å². The second kappa shape index (κ2) is 24.8. The second-order valence-corrected chi connectivity index (χ2v) is 18.7. The van der Waals surface area contributed by atoms with Gasteiger partial charge in [-0.05, 0) is 83.9 Å². The van der Waals surface area contributed by atoms with E-state index in [1.807, 2.05) is 26.8 Å². The zero-order valence-electron chi connectivity index (χ0n) is 39.8. The molecule has 342 valence electrons. The van der Waals surface area contributed by atoms with Crippen molar-refractivity contribution in [3.8, 4) is 0 Å². The van der Waals surface area contributed by atoms with E-state index in [-0.39, 0.29) is 84.1 Å². The molecule has 3 heterocycles. The number of nitrogens with zero attached hydrogens (tertiary/aromatic N) is 1. The fourth-order valence-electron chi connectivity index (χ4n) is 9.65. The minimum atomic E-state index is -0.533. The average molecular weight is 836 g/mol. The fourth-order valence-corrected chi connectivity index (χ4v) is 9.65. The number of carbonyl (C=O) groups excluding carboxylic acids is 2. The molecule has 0 aromatic rings. The summed E-state index contributed by atoms with van der Waals surface area (Å²) in [6.07, 6.45) is 6.11. The van der Waals surface area contributed by atoms with E-state index < -0.39 is 30.9 Å². The van der Waals surface area contributed by atoms with Crippen LogP contribution >= 0.6 is 0 Å². The van der Waals surface area contributed by atoms with Gasteiger partial charge in [0.2, 0.25) is 0 Å². The SMILES string of the molecule is CCCCO[C@@H]1CC(=O)O[C@H](CC)[C@@H](CO[C@@H]2O[C@H](C)[C@@H](C)[C@@H](C)[C@H]2C)/C=C(C)/C=C/C(=O)[C@H](C)C[C@H](CC(OC)OC)[C@H](O[C@@H]2O[C@H](C)[C@@H](C)[C@H](N(C)C)[C@H]2C)[C@H]1C. The van der Waals surface area contributed by atoms with Gasteiger partial charge in [0, 0.05) is 62.9 Å². The topological polar surface area (TPSA) is 111 Å². The van der Waals surface area contributed by atoms with E-state index in [0.29, 0.717) is 44.3 Å². The Hall–Kier alpha value is -1.70. The highest BCUT2D eigenvalue weighted by Crippen LogP contribution is 2.40. The summed E-state index contributed by atoms with van der Waals surface area (Å²) in [7, 11) is 7.48. The van der Waals surface area contributed by atoms with Crippen molar-refractivity contribution in [2.75, 3.05) is 41.5 Å². The largest absolute Gasteiger partial charge is 0.462 e. The Bertz CT molecular complexity index is 1320. The van der Waals surface area contributed by atoms with Gasteiger partial charge in [0.25, 0.3) is 0 Å². The number of carbonyl (C=O) groups is 2. The molecule has 3 rings (SSSR count). The number of hydrogen-bond acceptors (Lipinski definition) is 11. The molecule has 11 heteroatoms. The van der Waals surface area contributed by atoms with Crippen LogP contribution in [0.4, 0.5) is 0 Å². The minimum absolute atomic E-state index is 0.0218. The van der Waals surface area contributed by atoms with E-state index in [9.17, 15) is 9.59 Å². The van der Waals surface area contributed by atoms with E-state index in [1.165, 1.54) is 0 Å². The molecule has 0 spiro atoms. The van der Waals surface area contributed by atoms with Crippen molar-refractivity contribution in [1.82, 2.24) is 4.90 Å². The highest BCUT2D eigenvalue weighted by Gasteiger charge is 2.46. The Morgan fingerprint density at radius 3 is 2.05 bits per heavy atom. The van der Waals surface area contributed by atoms with Crippen LogP contribution in [-0.2, 0) is 47.5 Å². The summed E-state index contributed by atoms with van der Waals surface area (Å²) in [5.74, 6) is -0.0715. The summed E-state index contributed by atoms with van der Waals surface area (Å²) in [5.41, 5.74) is 0.891. The number of unbranched alkanes of at least 4 members (excludes halogenated alkanes) is 1. The lowest BCUT2D eigenvalue weighted by Gasteiger charge is -2.49. The maximum Gasteiger partial charge on any atom is 0.308 e. The molecule has 3 aliphatic heterocycles. The van der Waals surface area contributed by atoms with Crippen molar-refractivity contribution in [2.45, 2.75) is 177 Å². The van der Waals surface area contributed by atoms with Crippen molar-refractivity contribution in [3.63, 3.8) is 0 Å². The van der Waals surface area contributed by atoms with E-state index >= 15 is 0 Å². The summed E-state index contributed by atoms with van der Waals surface area (Å²) < 4.78 is 51.5. The maximum atomic E-state index is 14.3.